The summed E-state index contributed by atoms with van der Waals surface area (Å²) in [7, 11) is 1.95. The van der Waals surface area contributed by atoms with Crippen LogP contribution in [0.2, 0.25) is 0 Å². The van der Waals surface area contributed by atoms with Crippen LogP contribution in [0, 0.1) is 5.41 Å². The van der Waals surface area contributed by atoms with Gasteiger partial charge in [0.2, 0.25) is 5.91 Å². The highest BCUT2D eigenvalue weighted by atomic mass is 16.2. The second-order valence-corrected chi connectivity index (χ2v) is 8.05. The van der Waals surface area contributed by atoms with Crippen molar-refractivity contribution < 1.29 is 4.79 Å². The van der Waals surface area contributed by atoms with Crippen molar-refractivity contribution in [3.63, 3.8) is 0 Å². The van der Waals surface area contributed by atoms with E-state index in [1.807, 2.05) is 18.0 Å². The summed E-state index contributed by atoms with van der Waals surface area (Å²) in [5, 5.41) is 0. The fourth-order valence-electron chi connectivity index (χ4n) is 4.72. The number of imidazole rings is 1. The zero-order valence-corrected chi connectivity index (χ0v) is 15.5. The average Bonchev–Trinajstić information content (AvgIpc) is 3.14. The summed E-state index contributed by atoms with van der Waals surface area (Å²) < 4.78 is 2.34. The number of hydrogen-bond donors (Lipinski definition) is 0. The highest BCUT2D eigenvalue weighted by Crippen LogP contribution is 2.40. The molecule has 0 bridgehead atoms. The molecule has 2 saturated heterocycles. The largest absolute Gasteiger partial charge is 0.345 e. The monoisotopic (exact) mass is 340 g/mol. The highest BCUT2D eigenvalue weighted by molar-refractivity contribution is 5.84. The number of fused-ring (bicyclic) bond motifs is 1. The van der Waals surface area contributed by atoms with Gasteiger partial charge in [0.15, 0.2) is 0 Å². The fraction of sp³-hybridized carbons (Fsp3) is 0.600. The third-order valence-corrected chi connectivity index (χ3v) is 5.93. The lowest BCUT2D eigenvalue weighted by atomic mass is 9.78. The Bertz CT molecular complexity index is 796. The molecule has 1 atom stereocenters. The van der Waals surface area contributed by atoms with E-state index in [0.29, 0.717) is 11.9 Å². The third kappa shape index (κ3) is 2.74. The lowest BCUT2D eigenvalue weighted by Gasteiger charge is -2.37. The van der Waals surface area contributed by atoms with E-state index in [-0.39, 0.29) is 5.41 Å². The lowest BCUT2D eigenvalue weighted by Crippen LogP contribution is -2.48. The Morgan fingerprint density at radius 3 is 2.80 bits per heavy atom. The van der Waals surface area contributed by atoms with E-state index in [4.69, 9.17) is 4.98 Å². The molecule has 2 aliphatic rings. The fourth-order valence-corrected chi connectivity index (χ4v) is 4.72. The standard InChI is InChI=1S/C20H28N4O/c1-15(2)24-17-8-5-4-7-16(17)21-18(24)13-23-12-10-20(14-23)9-6-11-22(3)19(20)25/h4-5,7-8,15H,6,9-14H2,1-3H3. The molecule has 25 heavy (non-hydrogen) atoms. The van der Waals surface area contributed by atoms with E-state index in [2.05, 4.69) is 41.5 Å². The van der Waals surface area contributed by atoms with Crippen molar-refractivity contribution in [3.05, 3.63) is 30.1 Å². The highest BCUT2D eigenvalue weighted by Gasteiger charge is 2.47. The van der Waals surface area contributed by atoms with Gasteiger partial charge in [-0.3, -0.25) is 9.69 Å². The van der Waals surface area contributed by atoms with Gasteiger partial charge in [0.1, 0.15) is 5.82 Å². The molecular formula is C20H28N4O. The first-order chi connectivity index (χ1) is 12.0. The minimum absolute atomic E-state index is 0.151. The molecule has 1 amide bonds. The van der Waals surface area contributed by atoms with Gasteiger partial charge < -0.3 is 9.47 Å². The molecule has 1 spiro atoms. The van der Waals surface area contributed by atoms with Gasteiger partial charge in [-0.1, -0.05) is 12.1 Å². The Hall–Kier alpha value is -1.88. The second-order valence-electron chi connectivity index (χ2n) is 8.05. The van der Waals surface area contributed by atoms with Crippen LogP contribution >= 0.6 is 0 Å². The molecule has 1 aromatic heterocycles. The maximum absolute atomic E-state index is 12.7. The molecule has 2 fully saturated rings. The van der Waals surface area contributed by atoms with Crippen molar-refractivity contribution in [1.29, 1.82) is 0 Å². The van der Waals surface area contributed by atoms with E-state index in [1.54, 1.807) is 0 Å². The van der Waals surface area contributed by atoms with Crippen LogP contribution in [0.4, 0.5) is 0 Å². The van der Waals surface area contributed by atoms with Crippen LogP contribution in [0.15, 0.2) is 24.3 Å². The molecule has 5 heteroatoms. The van der Waals surface area contributed by atoms with E-state index in [1.165, 1.54) is 5.52 Å². The summed E-state index contributed by atoms with van der Waals surface area (Å²) in [5.41, 5.74) is 2.12. The molecule has 0 N–H and O–H groups in total. The molecule has 0 aliphatic carbocycles. The molecule has 3 heterocycles. The first kappa shape index (κ1) is 16.6. The van der Waals surface area contributed by atoms with Crippen LogP contribution < -0.4 is 0 Å². The molecule has 1 unspecified atom stereocenters. The van der Waals surface area contributed by atoms with E-state index in [0.717, 1.165) is 56.8 Å². The van der Waals surface area contributed by atoms with Gasteiger partial charge >= 0.3 is 0 Å². The number of hydrogen-bond acceptors (Lipinski definition) is 3. The first-order valence-corrected chi connectivity index (χ1v) is 9.44. The van der Waals surface area contributed by atoms with Crippen LogP contribution in [0.25, 0.3) is 11.0 Å². The molecule has 5 nitrogen and oxygen atoms in total. The van der Waals surface area contributed by atoms with Gasteiger partial charge in [0.05, 0.1) is 23.0 Å². The van der Waals surface area contributed by atoms with Crippen molar-refractivity contribution in [1.82, 2.24) is 19.4 Å². The zero-order chi connectivity index (χ0) is 17.6. The number of carbonyl (C=O) groups excluding carboxylic acids is 1. The summed E-state index contributed by atoms with van der Waals surface area (Å²) in [4.78, 5) is 22.0. The summed E-state index contributed by atoms with van der Waals surface area (Å²) in [6.45, 7) is 8.01. The maximum Gasteiger partial charge on any atom is 0.229 e. The van der Waals surface area contributed by atoms with Gasteiger partial charge in [-0.15, -0.1) is 0 Å². The first-order valence-electron chi connectivity index (χ1n) is 9.44. The topological polar surface area (TPSA) is 41.4 Å². The molecule has 2 aliphatic heterocycles. The van der Waals surface area contributed by atoms with Crippen molar-refractivity contribution in [2.75, 3.05) is 26.7 Å². The SMILES string of the molecule is CC(C)n1c(CN2CCC3(CCCN(C)C3=O)C2)nc2ccccc21. The summed E-state index contributed by atoms with van der Waals surface area (Å²) in [6, 6.07) is 8.74. The maximum atomic E-state index is 12.7. The number of likely N-dealkylation sites (tertiary alicyclic amines) is 2. The predicted octanol–water partition coefficient (Wildman–Crippen LogP) is 3.06. The number of rotatable bonds is 3. The Balaban J connectivity index is 1.58. The zero-order valence-electron chi connectivity index (χ0n) is 15.5. The van der Waals surface area contributed by atoms with Crippen molar-refractivity contribution >= 4 is 16.9 Å². The van der Waals surface area contributed by atoms with Crippen LogP contribution in [0.3, 0.4) is 0 Å². The van der Waals surface area contributed by atoms with Crippen molar-refractivity contribution in [3.8, 4) is 0 Å². The van der Waals surface area contributed by atoms with Gasteiger partial charge in [-0.2, -0.15) is 0 Å². The molecule has 134 valence electrons. The van der Waals surface area contributed by atoms with Gasteiger partial charge in [-0.05, 0) is 51.8 Å². The Morgan fingerprint density at radius 1 is 1.20 bits per heavy atom. The molecule has 1 aromatic carbocycles. The lowest BCUT2D eigenvalue weighted by molar-refractivity contribution is -0.143. The van der Waals surface area contributed by atoms with Crippen LogP contribution in [0.5, 0.6) is 0 Å². The summed E-state index contributed by atoms with van der Waals surface area (Å²) >= 11 is 0. The average molecular weight is 340 g/mol. The van der Waals surface area contributed by atoms with Gasteiger partial charge in [0, 0.05) is 26.2 Å². The van der Waals surface area contributed by atoms with Crippen LogP contribution in [-0.4, -0.2) is 51.9 Å². The number of aromatic nitrogens is 2. The molecule has 2 aromatic rings. The normalized spacial score (nSPS) is 25.0. The minimum Gasteiger partial charge on any atom is -0.345 e. The Labute approximate surface area is 149 Å². The van der Waals surface area contributed by atoms with E-state index in [9.17, 15) is 4.79 Å². The summed E-state index contributed by atoms with van der Waals surface area (Å²) in [5.74, 6) is 1.46. The number of para-hydroxylation sites is 2. The number of benzene rings is 1. The van der Waals surface area contributed by atoms with Gasteiger partial charge in [0.25, 0.3) is 0 Å². The van der Waals surface area contributed by atoms with E-state index < -0.39 is 0 Å². The molecule has 0 saturated carbocycles. The Morgan fingerprint density at radius 2 is 2.00 bits per heavy atom. The Kier molecular flexibility index (Phi) is 4.07. The number of carbonyl (C=O) groups is 1. The molecule has 0 radical (unpaired) electrons. The number of nitrogens with zero attached hydrogens (tertiary/aromatic N) is 4. The minimum atomic E-state index is -0.151. The number of amides is 1. The van der Waals surface area contributed by atoms with E-state index >= 15 is 0 Å². The second kappa shape index (κ2) is 6.13. The van der Waals surface area contributed by atoms with Crippen LogP contribution in [-0.2, 0) is 11.3 Å². The summed E-state index contributed by atoms with van der Waals surface area (Å²) in [6.07, 6.45) is 3.14. The smallest absolute Gasteiger partial charge is 0.229 e. The van der Waals surface area contributed by atoms with Crippen molar-refractivity contribution in [2.24, 2.45) is 5.41 Å². The van der Waals surface area contributed by atoms with Crippen LogP contribution in [0.1, 0.15) is 45.0 Å². The molecule has 4 rings (SSSR count). The quantitative estimate of drug-likeness (QED) is 0.862. The van der Waals surface area contributed by atoms with Crippen molar-refractivity contribution in [2.45, 2.75) is 45.7 Å². The predicted molar refractivity (Wildman–Crippen MR) is 99.3 cm³/mol. The molecular weight excluding hydrogens is 312 g/mol. The van der Waals surface area contributed by atoms with Gasteiger partial charge in [-0.25, -0.2) is 4.98 Å². The number of piperidine rings is 1. The third-order valence-electron chi connectivity index (χ3n) is 5.93.